The van der Waals surface area contributed by atoms with E-state index in [9.17, 15) is 5.11 Å². The van der Waals surface area contributed by atoms with Crippen LogP contribution in [-0.4, -0.2) is 35.2 Å². The summed E-state index contributed by atoms with van der Waals surface area (Å²) in [5, 5.41) is 9.86. The minimum absolute atomic E-state index is 0.0385. The maximum absolute atomic E-state index is 9.86. The Hall–Kier alpha value is -0.0800. The predicted molar refractivity (Wildman–Crippen MR) is 58.2 cm³/mol. The first-order valence-corrected chi connectivity index (χ1v) is 6.19. The van der Waals surface area contributed by atoms with E-state index in [2.05, 4.69) is 11.8 Å². The van der Waals surface area contributed by atoms with E-state index < -0.39 is 0 Å². The monoisotopic (exact) mass is 197 g/mol. The summed E-state index contributed by atoms with van der Waals surface area (Å²) in [5.74, 6) is 0.888. The van der Waals surface area contributed by atoms with Gasteiger partial charge in [-0.2, -0.15) is 0 Å². The Bertz CT molecular complexity index is 183. The van der Waals surface area contributed by atoms with E-state index in [4.69, 9.17) is 0 Å². The molecule has 2 aliphatic rings. The highest BCUT2D eigenvalue weighted by Gasteiger charge is 2.31. The molecular weight excluding hydrogens is 174 g/mol. The van der Waals surface area contributed by atoms with Crippen molar-refractivity contribution in [2.24, 2.45) is 5.92 Å². The molecule has 1 heterocycles. The molecule has 1 N–H and O–H groups in total. The Balaban J connectivity index is 1.90. The van der Waals surface area contributed by atoms with Crippen LogP contribution in [0.25, 0.3) is 0 Å². The summed E-state index contributed by atoms with van der Waals surface area (Å²) < 4.78 is 0. The number of likely N-dealkylation sites (tertiary alicyclic amines) is 1. The lowest BCUT2D eigenvalue weighted by atomic mass is 10.0. The van der Waals surface area contributed by atoms with Crippen molar-refractivity contribution in [2.75, 3.05) is 13.1 Å². The maximum Gasteiger partial charge on any atom is 0.0695 e. The zero-order valence-corrected chi connectivity index (χ0v) is 9.28. The second-order valence-electron chi connectivity index (χ2n) is 5.14. The number of aliphatic hydroxyl groups is 1. The lowest BCUT2D eigenvalue weighted by Crippen LogP contribution is -2.40. The minimum Gasteiger partial charge on any atom is -0.391 e. The molecule has 1 saturated heterocycles. The van der Waals surface area contributed by atoms with E-state index in [1.807, 2.05) is 0 Å². The fourth-order valence-electron chi connectivity index (χ4n) is 2.96. The second kappa shape index (κ2) is 4.63. The summed E-state index contributed by atoms with van der Waals surface area (Å²) in [6.45, 7) is 4.78. The van der Waals surface area contributed by atoms with Gasteiger partial charge in [0.1, 0.15) is 0 Å². The molecule has 0 bridgehead atoms. The van der Waals surface area contributed by atoms with Gasteiger partial charge in [-0.05, 0) is 57.5 Å². The van der Waals surface area contributed by atoms with Crippen molar-refractivity contribution < 1.29 is 5.11 Å². The SMILES string of the molecule is CC1CCCN([C@H]2CCC[C@@H]2O)CC1. The Labute approximate surface area is 87.3 Å². The van der Waals surface area contributed by atoms with Gasteiger partial charge in [0.05, 0.1) is 6.10 Å². The van der Waals surface area contributed by atoms with Crippen LogP contribution >= 0.6 is 0 Å². The number of aliphatic hydroxyl groups excluding tert-OH is 1. The lowest BCUT2D eigenvalue weighted by molar-refractivity contribution is 0.0722. The number of nitrogens with zero attached hydrogens (tertiary/aromatic N) is 1. The van der Waals surface area contributed by atoms with Gasteiger partial charge in [-0.15, -0.1) is 0 Å². The molecule has 1 unspecified atom stereocenters. The van der Waals surface area contributed by atoms with Gasteiger partial charge < -0.3 is 5.11 Å². The van der Waals surface area contributed by atoms with Gasteiger partial charge in [-0.25, -0.2) is 0 Å². The van der Waals surface area contributed by atoms with Crippen LogP contribution in [0.1, 0.15) is 45.4 Å². The summed E-state index contributed by atoms with van der Waals surface area (Å²) in [4.78, 5) is 2.54. The zero-order valence-electron chi connectivity index (χ0n) is 9.28. The van der Waals surface area contributed by atoms with Crippen LogP contribution in [0.4, 0.5) is 0 Å². The van der Waals surface area contributed by atoms with Crippen LogP contribution in [0.3, 0.4) is 0 Å². The second-order valence-corrected chi connectivity index (χ2v) is 5.14. The Morgan fingerprint density at radius 1 is 1.00 bits per heavy atom. The van der Waals surface area contributed by atoms with Crippen LogP contribution in [0.15, 0.2) is 0 Å². The quantitative estimate of drug-likeness (QED) is 0.695. The lowest BCUT2D eigenvalue weighted by Gasteiger charge is -2.29. The third kappa shape index (κ3) is 2.29. The van der Waals surface area contributed by atoms with Crippen molar-refractivity contribution in [2.45, 2.75) is 57.6 Å². The summed E-state index contributed by atoms with van der Waals surface area (Å²) >= 11 is 0. The first kappa shape index (κ1) is 10.4. The molecule has 2 rings (SSSR count). The molecule has 2 fully saturated rings. The van der Waals surface area contributed by atoms with Crippen molar-refractivity contribution in [1.82, 2.24) is 4.90 Å². The normalized spacial score (nSPS) is 41.1. The molecule has 3 atom stereocenters. The Kier molecular flexibility index (Phi) is 3.45. The summed E-state index contributed by atoms with van der Waals surface area (Å²) in [5.41, 5.74) is 0. The molecule has 2 heteroatoms. The highest BCUT2D eigenvalue weighted by Crippen LogP contribution is 2.27. The number of rotatable bonds is 1. The average Bonchev–Trinajstić information content (AvgIpc) is 2.46. The molecule has 1 saturated carbocycles. The van der Waals surface area contributed by atoms with E-state index >= 15 is 0 Å². The van der Waals surface area contributed by atoms with Crippen molar-refractivity contribution in [3.05, 3.63) is 0 Å². The molecule has 0 aromatic carbocycles. The van der Waals surface area contributed by atoms with Crippen LogP contribution in [0.5, 0.6) is 0 Å². The van der Waals surface area contributed by atoms with Crippen LogP contribution < -0.4 is 0 Å². The fraction of sp³-hybridized carbons (Fsp3) is 1.00. The molecule has 2 nitrogen and oxygen atoms in total. The molecule has 0 amide bonds. The van der Waals surface area contributed by atoms with Gasteiger partial charge in [0, 0.05) is 6.04 Å². The first-order chi connectivity index (χ1) is 6.77. The standard InChI is InChI=1S/C12H23NO/c1-10-4-3-8-13(9-7-10)11-5-2-6-12(11)14/h10-12,14H,2-9H2,1H3/t10?,11-,12-/m0/s1. The molecule has 0 aromatic heterocycles. The maximum atomic E-state index is 9.86. The van der Waals surface area contributed by atoms with Gasteiger partial charge in [0.2, 0.25) is 0 Å². The highest BCUT2D eigenvalue weighted by atomic mass is 16.3. The molecule has 0 radical (unpaired) electrons. The van der Waals surface area contributed by atoms with E-state index in [1.165, 1.54) is 45.2 Å². The third-order valence-electron chi connectivity index (χ3n) is 3.96. The number of hydrogen-bond donors (Lipinski definition) is 1. The summed E-state index contributed by atoms with van der Waals surface area (Å²) in [6.07, 6.45) is 7.44. The van der Waals surface area contributed by atoms with Gasteiger partial charge in [-0.1, -0.05) is 6.92 Å². The van der Waals surface area contributed by atoms with E-state index in [0.29, 0.717) is 6.04 Å². The van der Waals surface area contributed by atoms with Crippen LogP contribution in [0.2, 0.25) is 0 Å². The largest absolute Gasteiger partial charge is 0.391 e. The molecule has 0 spiro atoms. The van der Waals surface area contributed by atoms with Crippen molar-refractivity contribution in [3.63, 3.8) is 0 Å². The van der Waals surface area contributed by atoms with Gasteiger partial charge in [0.15, 0.2) is 0 Å². The summed E-state index contributed by atoms with van der Waals surface area (Å²) in [6, 6.07) is 0.486. The predicted octanol–water partition coefficient (Wildman–Crippen LogP) is 2.02. The van der Waals surface area contributed by atoms with Crippen LogP contribution in [0, 0.1) is 5.92 Å². The molecular formula is C12H23NO. The van der Waals surface area contributed by atoms with Crippen molar-refractivity contribution in [3.8, 4) is 0 Å². The van der Waals surface area contributed by atoms with Gasteiger partial charge in [-0.3, -0.25) is 4.90 Å². The summed E-state index contributed by atoms with van der Waals surface area (Å²) in [7, 11) is 0. The number of hydrogen-bond acceptors (Lipinski definition) is 2. The topological polar surface area (TPSA) is 23.5 Å². The van der Waals surface area contributed by atoms with Gasteiger partial charge >= 0.3 is 0 Å². The molecule has 0 aromatic rings. The van der Waals surface area contributed by atoms with E-state index in [1.54, 1.807) is 0 Å². The Morgan fingerprint density at radius 2 is 1.86 bits per heavy atom. The molecule has 14 heavy (non-hydrogen) atoms. The first-order valence-electron chi connectivity index (χ1n) is 6.19. The van der Waals surface area contributed by atoms with E-state index in [-0.39, 0.29) is 6.10 Å². The third-order valence-corrected chi connectivity index (χ3v) is 3.96. The highest BCUT2D eigenvalue weighted by molar-refractivity contribution is 4.86. The van der Waals surface area contributed by atoms with Gasteiger partial charge in [0.25, 0.3) is 0 Å². The van der Waals surface area contributed by atoms with Crippen molar-refractivity contribution >= 4 is 0 Å². The zero-order chi connectivity index (χ0) is 9.97. The molecule has 82 valence electrons. The Morgan fingerprint density at radius 3 is 2.57 bits per heavy atom. The van der Waals surface area contributed by atoms with Crippen LogP contribution in [-0.2, 0) is 0 Å². The molecule has 1 aliphatic heterocycles. The smallest absolute Gasteiger partial charge is 0.0695 e. The average molecular weight is 197 g/mol. The molecule has 1 aliphatic carbocycles. The van der Waals surface area contributed by atoms with Crippen molar-refractivity contribution in [1.29, 1.82) is 0 Å². The minimum atomic E-state index is -0.0385. The fourth-order valence-corrected chi connectivity index (χ4v) is 2.96. The van der Waals surface area contributed by atoms with E-state index in [0.717, 1.165) is 12.3 Å².